The fourth-order valence-corrected chi connectivity index (χ4v) is 2.96. The summed E-state index contributed by atoms with van der Waals surface area (Å²) in [5.41, 5.74) is 0. The summed E-state index contributed by atoms with van der Waals surface area (Å²) in [5, 5.41) is 3.40. The van der Waals surface area contributed by atoms with Gasteiger partial charge in [0.25, 0.3) is 0 Å². The second-order valence-corrected chi connectivity index (χ2v) is 6.25. The van der Waals surface area contributed by atoms with Crippen LogP contribution in [0.2, 0.25) is 0 Å². The molecule has 1 N–H and O–H groups in total. The first-order valence-electron chi connectivity index (χ1n) is 8.90. The summed E-state index contributed by atoms with van der Waals surface area (Å²) in [6.07, 6.45) is 7.24. The third-order valence-electron chi connectivity index (χ3n) is 4.57. The predicted molar refractivity (Wildman–Crippen MR) is 89.5 cm³/mol. The Morgan fingerprint density at radius 3 is 2.33 bits per heavy atom. The molecule has 0 bridgehead atoms. The molecule has 0 aliphatic carbocycles. The topological polar surface area (TPSA) is 35.6 Å². The van der Waals surface area contributed by atoms with E-state index in [4.69, 9.17) is 0 Å². The monoisotopic (exact) mass is 297 g/mol. The molecule has 1 amide bonds. The molecule has 0 aromatic carbocycles. The van der Waals surface area contributed by atoms with E-state index in [0.717, 1.165) is 32.6 Å². The standard InChI is InChI=1S/C17H35N3O/c1-4-19(5-2)12-10-11-16(3)18-15-17(21)20-13-8-6-7-9-14-20/h16,18H,4-15H2,1-3H3. The van der Waals surface area contributed by atoms with Crippen molar-refractivity contribution >= 4 is 5.91 Å². The number of carbonyl (C=O) groups excluding carboxylic acids is 1. The van der Waals surface area contributed by atoms with Crippen molar-refractivity contribution < 1.29 is 4.79 Å². The number of rotatable bonds is 9. The molecule has 1 fully saturated rings. The maximum Gasteiger partial charge on any atom is 0.236 e. The lowest BCUT2D eigenvalue weighted by Gasteiger charge is -2.23. The van der Waals surface area contributed by atoms with Crippen LogP contribution in [-0.4, -0.2) is 61.0 Å². The molecule has 1 atom stereocenters. The van der Waals surface area contributed by atoms with Gasteiger partial charge in [-0.15, -0.1) is 0 Å². The zero-order chi connectivity index (χ0) is 15.5. The number of hydrogen-bond acceptors (Lipinski definition) is 3. The average molecular weight is 297 g/mol. The van der Waals surface area contributed by atoms with E-state index >= 15 is 0 Å². The first-order valence-corrected chi connectivity index (χ1v) is 8.90. The SMILES string of the molecule is CCN(CC)CCCC(C)NCC(=O)N1CCCCCC1. The largest absolute Gasteiger partial charge is 0.342 e. The number of amides is 1. The van der Waals surface area contributed by atoms with Gasteiger partial charge in [0.15, 0.2) is 0 Å². The molecular formula is C17H35N3O. The third kappa shape index (κ3) is 7.82. The summed E-state index contributed by atoms with van der Waals surface area (Å²) >= 11 is 0. The highest BCUT2D eigenvalue weighted by atomic mass is 16.2. The van der Waals surface area contributed by atoms with Crippen LogP contribution in [0.5, 0.6) is 0 Å². The predicted octanol–water partition coefficient (Wildman–Crippen LogP) is 2.49. The van der Waals surface area contributed by atoms with E-state index in [-0.39, 0.29) is 5.91 Å². The highest BCUT2D eigenvalue weighted by molar-refractivity contribution is 5.78. The first kappa shape index (κ1) is 18.4. The van der Waals surface area contributed by atoms with Gasteiger partial charge in [-0.1, -0.05) is 26.7 Å². The normalized spacial score (nSPS) is 17.8. The molecular weight excluding hydrogens is 262 g/mol. The zero-order valence-corrected chi connectivity index (χ0v) is 14.4. The van der Waals surface area contributed by atoms with Crippen molar-refractivity contribution in [1.29, 1.82) is 0 Å². The van der Waals surface area contributed by atoms with Gasteiger partial charge in [0.1, 0.15) is 0 Å². The maximum absolute atomic E-state index is 12.2. The van der Waals surface area contributed by atoms with E-state index in [1.165, 1.54) is 38.6 Å². The van der Waals surface area contributed by atoms with Gasteiger partial charge in [0.2, 0.25) is 5.91 Å². The van der Waals surface area contributed by atoms with Crippen molar-refractivity contribution in [3.05, 3.63) is 0 Å². The lowest BCUT2D eigenvalue weighted by Crippen LogP contribution is -2.41. The Hall–Kier alpha value is -0.610. The van der Waals surface area contributed by atoms with Crippen LogP contribution in [0.15, 0.2) is 0 Å². The number of likely N-dealkylation sites (tertiary alicyclic amines) is 1. The van der Waals surface area contributed by atoms with Crippen molar-refractivity contribution in [1.82, 2.24) is 15.1 Å². The van der Waals surface area contributed by atoms with Gasteiger partial charge < -0.3 is 15.1 Å². The average Bonchev–Trinajstić information content (AvgIpc) is 2.78. The Morgan fingerprint density at radius 1 is 1.14 bits per heavy atom. The molecule has 4 heteroatoms. The van der Waals surface area contributed by atoms with Crippen molar-refractivity contribution in [2.45, 2.75) is 65.3 Å². The minimum atomic E-state index is 0.285. The molecule has 0 aromatic heterocycles. The molecule has 1 heterocycles. The molecule has 0 radical (unpaired) electrons. The van der Waals surface area contributed by atoms with Crippen LogP contribution in [-0.2, 0) is 4.79 Å². The minimum Gasteiger partial charge on any atom is -0.342 e. The summed E-state index contributed by atoms with van der Waals surface area (Å²) in [7, 11) is 0. The smallest absolute Gasteiger partial charge is 0.236 e. The molecule has 0 aromatic rings. The van der Waals surface area contributed by atoms with Gasteiger partial charge in [0, 0.05) is 19.1 Å². The summed E-state index contributed by atoms with van der Waals surface area (Å²) < 4.78 is 0. The zero-order valence-electron chi connectivity index (χ0n) is 14.4. The van der Waals surface area contributed by atoms with Crippen molar-refractivity contribution in [3.63, 3.8) is 0 Å². The van der Waals surface area contributed by atoms with E-state index in [1.807, 2.05) is 4.90 Å². The third-order valence-corrected chi connectivity index (χ3v) is 4.57. The van der Waals surface area contributed by atoms with Gasteiger partial charge in [-0.3, -0.25) is 4.79 Å². The quantitative estimate of drug-likeness (QED) is 0.710. The van der Waals surface area contributed by atoms with Crippen molar-refractivity contribution in [3.8, 4) is 0 Å². The second-order valence-electron chi connectivity index (χ2n) is 6.25. The van der Waals surface area contributed by atoms with Crippen LogP contribution < -0.4 is 5.32 Å². The second kappa shape index (κ2) is 11.0. The van der Waals surface area contributed by atoms with Gasteiger partial charge in [-0.05, 0) is 52.2 Å². The molecule has 21 heavy (non-hydrogen) atoms. The van der Waals surface area contributed by atoms with Gasteiger partial charge >= 0.3 is 0 Å². The highest BCUT2D eigenvalue weighted by Crippen LogP contribution is 2.09. The van der Waals surface area contributed by atoms with Gasteiger partial charge in [-0.25, -0.2) is 0 Å². The summed E-state index contributed by atoms with van der Waals surface area (Å²) in [6.45, 7) is 12.5. The number of carbonyl (C=O) groups is 1. The van der Waals surface area contributed by atoms with Crippen LogP contribution in [0.3, 0.4) is 0 Å². The molecule has 0 spiro atoms. The molecule has 1 unspecified atom stereocenters. The van der Waals surface area contributed by atoms with E-state index in [0.29, 0.717) is 12.6 Å². The Kier molecular flexibility index (Phi) is 9.68. The molecule has 4 nitrogen and oxygen atoms in total. The molecule has 0 saturated carbocycles. The van der Waals surface area contributed by atoms with E-state index < -0.39 is 0 Å². The Bertz CT molecular complexity index is 271. The van der Waals surface area contributed by atoms with Crippen LogP contribution in [0.4, 0.5) is 0 Å². The summed E-state index contributed by atoms with van der Waals surface area (Å²) in [4.78, 5) is 16.7. The molecule has 1 saturated heterocycles. The molecule has 1 rings (SSSR count). The number of nitrogens with one attached hydrogen (secondary N) is 1. The molecule has 124 valence electrons. The molecule has 1 aliphatic heterocycles. The van der Waals surface area contributed by atoms with Crippen LogP contribution in [0, 0.1) is 0 Å². The highest BCUT2D eigenvalue weighted by Gasteiger charge is 2.15. The Morgan fingerprint density at radius 2 is 1.76 bits per heavy atom. The lowest BCUT2D eigenvalue weighted by molar-refractivity contribution is -0.130. The van der Waals surface area contributed by atoms with Crippen molar-refractivity contribution in [2.75, 3.05) is 39.3 Å². The maximum atomic E-state index is 12.2. The van der Waals surface area contributed by atoms with Gasteiger partial charge in [0.05, 0.1) is 6.54 Å². The van der Waals surface area contributed by atoms with E-state index in [1.54, 1.807) is 0 Å². The van der Waals surface area contributed by atoms with E-state index in [2.05, 4.69) is 31.0 Å². The first-order chi connectivity index (χ1) is 10.2. The van der Waals surface area contributed by atoms with Crippen LogP contribution in [0.1, 0.15) is 59.3 Å². The summed E-state index contributed by atoms with van der Waals surface area (Å²) in [5.74, 6) is 0.285. The van der Waals surface area contributed by atoms with Crippen molar-refractivity contribution in [2.24, 2.45) is 0 Å². The minimum absolute atomic E-state index is 0.285. The lowest BCUT2D eigenvalue weighted by atomic mass is 10.1. The van der Waals surface area contributed by atoms with E-state index in [9.17, 15) is 4.79 Å². The fraction of sp³-hybridized carbons (Fsp3) is 0.941. The Labute approximate surface area is 131 Å². The van der Waals surface area contributed by atoms with Crippen LogP contribution >= 0.6 is 0 Å². The fourth-order valence-electron chi connectivity index (χ4n) is 2.96. The van der Waals surface area contributed by atoms with Gasteiger partial charge in [-0.2, -0.15) is 0 Å². The Balaban J connectivity index is 2.13. The number of nitrogens with zero attached hydrogens (tertiary/aromatic N) is 2. The summed E-state index contributed by atoms with van der Waals surface area (Å²) in [6, 6.07) is 0.427. The molecule has 1 aliphatic rings. The van der Waals surface area contributed by atoms with Crippen LogP contribution in [0.25, 0.3) is 0 Å². The number of hydrogen-bond donors (Lipinski definition) is 1.